The summed E-state index contributed by atoms with van der Waals surface area (Å²) in [5.74, 6) is 0.804. The minimum Gasteiger partial charge on any atom is -0.392 e. The van der Waals surface area contributed by atoms with Crippen molar-refractivity contribution in [2.75, 3.05) is 13.6 Å². The summed E-state index contributed by atoms with van der Waals surface area (Å²) in [5, 5.41) is 6.59. The van der Waals surface area contributed by atoms with Gasteiger partial charge in [-0.25, -0.2) is 0 Å². The van der Waals surface area contributed by atoms with Crippen LogP contribution in [0.2, 0.25) is 0 Å². The van der Waals surface area contributed by atoms with E-state index in [0.717, 1.165) is 5.92 Å². The third-order valence-corrected chi connectivity index (χ3v) is 2.66. The number of rotatable bonds is 2. The summed E-state index contributed by atoms with van der Waals surface area (Å²) in [6, 6.07) is 0.613. The van der Waals surface area contributed by atoms with E-state index in [1.165, 1.54) is 17.8 Å². The third kappa shape index (κ3) is 1.56. The maximum Gasteiger partial charge on any atom is 0.0334 e. The van der Waals surface area contributed by atoms with Gasteiger partial charge in [0.1, 0.15) is 0 Å². The summed E-state index contributed by atoms with van der Waals surface area (Å²) in [5.41, 5.74) is 2.75. The SMILES string of the molecule is CN/C(C)=C(\C)C1NCC1C. The van der Waals surface area contributed by atoms with Crippen molar-refractivity contribution in [2.45, 2.75) is 26.8 Å². The molecule has 1 saturated heterocycles. The lowest BCUT2D eigenvalue weighted by atomic mass is 9.87. The molecule has 0 aromatic carbocycles. The van der Waals surface area contributed by atoms with Crippen molar-refractivity contribution in [3.05, 3.63) is 11.3 Å². The molecule has 64 valence electrons. The van der Waals surface area contributed by atoms with Crippen LogP contribution < -0.4 is 10.6 Å². The Morgan fingerprint density at radius 3 is 2.36 bits per heavy atom. The lowest BCUT2D eigenvalue weighted by molar-refractivity contribution is 0.288. The van der Waals surface area contributed by atoms with Gasteiger partial charge in [-0.05, 0) is 25.3 Å². The van der Waals surface area contributed by atoms with Crippen molar-refractivity contribution in [1.29, 1.82) is 0 Å². The summed E-state index contributed by atoms with van der Waals surface area (Å²) in [6.45, 7) is 7.77. The molecule has 1 rings (SSSR count). The van der Waals surface area contributed by atoms with Crippen LogP contribution in [0.3, 0.4) is 0 Å². The summed E-state index contributed by atoms with van der Waals surface area (Å²) in [6.07, 6.45) is 0. The second-order valence-electron chi connectivity index (χ2n) is 3.42. The highest BCUT2D eigenvalue weighted by atomic mass is 15.0. The fourth-order valence-corrected chi connectivity index (χ4v) is 1.48. The van der Waals surface area contributed by atoms with Crippen molar-refractivity contribution >= 4 is 0 Å². The van der Waals surface area contributed by atoms with Crippen LogP contribution in [0.25, 0.3) is 0 Å². The van der Waals surface area contributed by atoms with E-state index in [1.807, 2.05) is 7.05 Å². The van der Waals surface area contributed by atoms with Crippen molar-refractivity contribution in [3.63, 3.8) is 0 Å². The zero-order valence-corrected chi connectivity index (χ0v) is 7.86. The molecule has 0 aromatic heterocycles. The molecule has 1 aliphatic rings. The molecule has 0 saturated carbocycles. The molecule has 2 unspecified atom stereocenters. The topological polar surface area (TPSA) is 24.1 Å². The first kappa shape index (κ1) is 8.60. The third-order valence-electron chi connectivity index (χ3n) is 2.66. The Kier molecular flexibility index (Phi) is 2.55. The molecule has 0 spiro atoms. The highest BCUT2D eigenvalue weighted by molar-refractivity contribution is 5.18. The molecule has 1 aliphatic heterocycles. The summed E-state index contributed by atoms with van der Waals surface area (Å²) >= 11 is 0. The normalized spacial score (nSPS) is 32.4. The van der Waals surface area contributed by atoms with E-state index in [2.05, 4.69) is 31.4 Å². The molecule has 2 atom stereocenters. The minimum absolute atomic E-state index is 0.613. The largest absolute Gasteiger partial charge is 0.392 e. The molecule has 2 heteroatoms. The van der Waals surface area contributed by atoms with Crippen molar-refractivity contribution < 1.29 is 0 Å². The molecule has 1 fully saturated rings. The Bertz CT molecular complexity index is 172. The van der Waals surface area contributed by atoms with E-state index in [1.54, 1.807) is 0 Å². The van der Waals surface area contributed by atoms with Gasteiger partial charge in [-0.2, -0.15) is 0 Å². The smallest absolute Gasteiger partial charge is 0.0334 e. The number of hydrogen-bond donors (Lipinski definition) is 2. The van der Waals surface area contributed by atoms with E-state index in [-0.39, 0.29) is 0 Å². The Balaban J connectivity index is 2.59. The van der Waals surface area contributed by atoms with Gasteiger partial charge >= 0.3 is 0 Å². The Hall–Kier alpha value is -0.500. The number of allylic oxidation sites excluding steroid dienone is 1. The fourth-order valence-electron chi connectivity index (χ4n) is 1.48. The number of nitrogens with one attached hydrogen (secondary N) is 2. The van der Waals surface area contributed by atoms with Crippen LogP contribution >= 0.6 is 0 Å². The van der Waals surface area contributed by atoms with Crippen LogP contribution in [0.5, 0.6) is 0 Å². The molecule has 0 amide bonds. The van der Waals surface area contributed by atoms with Gasteiger partial charge in [0.15, 0.2) is 0 Å². The van der Waals surface area contributed by atoms with Crippen molar-refractivity contribution in [2.24, 2.45) is 5.92 Å². The van der Waals surface area contributed by atoms with Gasteiger partial charge in [0, 0.05) is 25.3 Å². The van der Waals surface area contributed by atoms with Gasteiger partial charge in [0.05, 0.1) is 0 Å². The van der Waals surface area contributed by atoms with Crippen LogP contribution in [-0.4, -0.2) is 19.6 Å². The van der Waals surface area contributed by atoms with Gasteiger partial charge in [-0.3, -0.25) is 0 Å². The quantitative estimate of drug-likeness (QED) is 0.622. The molecule has 0 aromatic rings. The second kappa shape index (κ2) is 3.26. The molecule has 0 bridgehead atoms. The van der Waals surface area contributed by atoms with E-state index < -0.39 is 0 Å². The van der Waals surface area contributed by atoms with Crippen molar-refractivity contribution in [3.8, 4) is 0 Å². The van der Waals surface area contributed by atoms with Gasteiger partial charge < -0.3 is 10.6 Å². The maximum atomic E-state index is 3.41. The predicted octanol–water partition coefficient (Wildman–Crippen LogP) is 1.11. The average molecular weight is 154 g/mol. The van der Waals surface area contributed by atoms with Crippen molar-refractivity contribution in [1.82, 2.24) is 10.6 Å². The Labute approximate surface area is 69.1 Å². The fraction of sp³-hybridized carbons (Fsp3) is 0.778. The zero-order valence-electron chi connectivity index (χ0n) is 7.86. The molecule has 2 nitrogen and oxygen atoms in total. The van der Waals surface area contributed by atoms with Gasteiger partial charge in [0.25, 0.3) is 0 Å². The first-order valence-electron chi connectivity index (χ1n) is 4.25. The van der Waals surface area contributed by atoms with Crippen LogP contribution in [0, 0.1) is 5.92 Å². The maximum absolute atomic E-state index is 3.41. The molecule has 0 aliphatic carbocycles. The summed E-state index contributed by atoms with van der Waals surface area (Å²) in [7, 11) is 1.97. The first-order valence-corrected chi connectivity index (χ1v) is 4.25. The van der Waals surface area contributed by atoms with Crippen LogP contribution in [0.1, 0.15) is 20.8 Å². The first-order chi connectivity index (χ1) is 5.16. The molecule has 0 radical (unpaired) electrons. The van der Waals surface area contributed by atoms with Gasteiger partial charge in [0.2, 0.25) is 0 Å². The summed E-state index contributed by atoms with van der Waals surface area (Å²) < 4.78 is 0. The molecule has 11 heavy (non-hydrogen) atoms. The molecule has 1 heterocycles. The lowest BCUT2D eigenvalue weighted by Gasteiger charge is -2.37. The number of hydrogen-bond acceptors (Lipinski definition) is 2. The lowest BCUT2D eigenvalue weighted by Crippen LogP contribution is -2.52. The van der Waals surface area contributed by atoms with E-state index >= 15 is 0 Å². The Morgan fingerprint density at radius 2 is 2.09 bits per heavy atom. The standard InChI is InChI=1S/C9H18N2/c1-6-5-11-9(6)7(2)8(3)10-4/h6,9-11H,5H2,1-4H3/b8-7+. The zero-order chi connectivity index (χ0) is 8.43. The summed E-state index contributed by atoms with van der Waals surface area (Å²) in [4.78, 5) is 0. The molecular weight excluding hydrogens is 136 g/mol. The molecule has 2 N–H and O–H groups in total. The average Bonchev–Trinajstić information content (AvgIpc) is 2.00. The monoisotopic (exact) mass is 154 g/mol. The van der Waals surface area contributed by atoms with E-state index in [4.69, 9.17) is 0 Å². The van der Waals surface area contributed by atoms with Crippen LogP contribution in [0.15, 0.2) is 11.3 Å². The van der Waals surface area contributed by atoms with E-state index in [9.17, 15) is 0 Å². The van der Waals surface area contributed by atoms with E-state index in [0.29, 0.717) is 6.04 Å². The minimum atomic E-state index is 0.613. The Morgan fingerprint density at radius 1 is 1.45 bits per heavy atom. The highest BCUT2D eigenvalue weighted by Crippen LogP contribution is 2.20. The highest BCUT2D eigenvalue weighted by Gasteiger charge is 2.27. The van der Waals surface area contributed by atoms with Gasteiger partial charge in [-0.15, -0.1) is 0 Å². The second-order valence-corrected chi connectivity index (χ2v) is 3.42. The molecular formula is C9H18N2. The van der Waals surface area contributed by atoms with Crippen LogP contribution in [0.4, 0.5) is 0 Å². The van der Waals surface area contributed by atoms with Crippen LogP contribution in [-0.2, 0) is 0 Å². The predicted molar refractivity (Wildman–Crippen MR) is 48.4 cm³/mol. The van der Waals surface area contributed by atoms with Gasteiger partial charge in [-0.1, -0.05) is 6.92 Å².